The van der Waals surface area contributed by atoms with Crippen molar-refractivity contribution in [2.75, 3.05) is 6.54 Å². The molecule has 1 N–H and O–H groups in total. The van der Waals surface area contributed by atoms with Gasteiger partial charge >= 0.3 is 0 Å². The second kappa shape index (κ2) is 5.53. The number of nitrogens with one attached hydrogen (secondary N) is 1. The number of carbonyl (C=O) groups excluding carboxylic acids is 1. The van der Waals surface area contributed by atoms with Crippen molar-refractivity contribution in [3.63, 3.8) is 0 Å². The highest BCUT2D eigenvalue weighted by Crippen LogP contribution is 2.03. The quantitative estimate of drug-likeness (QED) is 0.873. The maximum atomic E-state index is 11.8. The highest BCUT2D eigenvalue weighted by atomic mass is 16.1. The van der Waals surface area contributed by atoms with Crippen LogP contribution in [0, 0.1) is 0 Å². The zero-order valence-electron chi connectivity index (χ0n) is 10.7. The van der Waals surface area contributed by atoms with Crippen molar-refractivity contribution in [1.82, 2.24) is 19.7 Å². The van der Waals surface area contributed by atoms with Crippen molar-refractivity contribution in [1.29, 1.82) is 0 Å². The van der Waals surface area contributed by atoms with Crippen LogP contribution in [0.25, 0.3) is 0 Å². The highest BCUT2D eigenvalue weighted by molar-refractivity contribution is 5.92. The SMILES string of the molecule is CC(C)n1ccc(C(=O)NCCn2cccc2)n1. The third kappa shape index (κ3) is 3.00. The first-order valence-electron chi connectivity index (χ1n) is 6.11. The van der Waals surface area contributed by atoms with Crippen LogP contribution in [0.3, 0.4) is 0 Å². The number of aromatic nitrogens is 3. The van der Waals surface area contributed by atoms with E-state index in [0.29, 0.717) is 12.2 Å². The summed E-state index contributed by atoms with van der Waals surface area (Å²) < 4.78 is 3.80. The van der Waals surface area contributed by atoms with Gasteiger partial charge in [0.1, 0.15) is 5.69 Å². The third-order valence-corrected chi connectivity index (χ3v) is 2.69. The zero-order valence-corrected chi connectivity index (χ0v) is 10.7. The van der Waals surface area contributed by atoms with Crippen LogP contribution in [-0.2, 0) is 6.54 Å². The molecule has 0 atom stereocenters. The second-order valence-corrected chi connectivity index (χ2v) is 4.45. The predicted octanol–water partition coefficient (Wildman–Crippen LogP) is 1.70. The topological polar surface area (TPSA) is 51.9 Å². The lowest BCUT2D eigenvalue weighted by molar-refractivity contribution is 0.0946. The van der Waals surface area contributed by atoms with Gasteiger partial charge in [0.05, 0.1) is 0 Å². The van der Waals surface area contributed by atoms with Gasteiger partial charge in [0.25, 0.3) is 5.91 Å². The van der Waals surface area contributed by atoms with Gasteiger partial charge in [0.2, 0.25) is 0 Å². The van der Waals surface area contributed by atoms with E-state index in [1.54, 1.807) is 10.7 Å². The molecule has 0 aromatic carbocycles. The Morgan fingerprint density at radius 2 is 2.06 bits per heavy atom. The summed E-state index contributed by atoms with van der Waals surface area (Å²) in [5.41, 5.74) is 0.469. The zero-order chi connectivity index (χ0) is 13.0. The molecular weight excluding hydrogens is 228 g/mol. The van der Waals surface area contributed by atoms with E-state index in [2.05, 4.69) is 10.4 Å². The molecule has 2 aromatic rings. The molecule has 96 valence electrons. The fourth-order valence-electron chi connectivity index (χ4n) is 1.66. The van der Waals surface area contributed by atoms with Crippen molar-refractivity contribution < 1.29 is 4.79 Å². The molecule has 1 amide bonds. The Balaban J connectivity index is 1.83. The Kier molecular flexibility index (Phi) is 3.82. The molecule has 0 unspecified atom stereocenters. The summed E-state index contributed by atoms with van der Waals surface area (Å²) in [5.74, 6) is -0.124. The summed E-state index contributed by atoms with van der Waals surface area (Å²) in [6.07, 6.45) is 5.77. The number of amides is 1. The molecule has 18 heavy (non-hydrogen) atoms. The van der Waals surface area contributed by atoms with E-state index in [9.17, 15) is 4.79 Å². The van der Waals surface area contributed by atoms with Crippen LogP contribution in [0.15, 0.2) is 36.8 Å². The number of nitrogens with zero attached hydrogens (tertiary/aromatic N) is 3. The smallest absolute Gasteiger partial charge is 0.271 e. The minimum Gasteiger partial charge on any atom is -0.353 e. The van der Waals surface area contributed by atoms with E-state index in [1.807, 2.05) is 49.1 Å². The Morgan fingerprint density at radius 3 is 2.67 bits per heavy atom. The number of hydrogen-bond acceptors (Lipinski definition) is 2. The summed E-state index contributed by atoms with van der Waals surface area (Å²) in [6.45, 7) is 5.42. The standard InChI is InChI=1S/C13H18N4O/c1-11(2)17-9-5-12(15-17)13(18)14-6-10-16-7-3-4-8-16/h3-5,7-9,11H,6,10H2,1-2H3,(H,14,18). The normalized spacial score (nSPS) is 10.8. The third-order valence-electron chi connectivity index (χ3n) is 2.69. The van der Waals surface area contributed by atoms with Crippen LogP contribution in [0.2, 0.25) is 0 Å². The van der Waals surface area contributed by atoms with Gasteiger partial charge in [0.15, 0.2) is 0 Å². The lowest BCUT2D eigenvalue weighted by Gasteiger charge is -2.05. The van der Waals surface area contributed by atoms with Gasteiger partial charge in [-0.3, -0.25) is 9.48 Å². The number of rotatable bonds is 5. The first kappa shape index (κ1) is 12.4. The molecule has 0 saturated heterocycles. The Bertz CT molecular complexity index is 499. The summed E-state index contributed by atoms with van der Waals surface area (Å²) >= 11 is 0. The molecule has 2 heterocycles. The Hall–Kier alpha value is -2.04. The van der Waals surface area contributed by atoms with Crippen LogP contribution in [0.4, 0.5) is 0 Å². The van der Waals surface area contributed by atoms with Gasteiger partial charge in [-0.05, 0) is 32.0 Å². The van der Waals surface area contributed by atoms with Gasteiger partial charge in [-0.15, -0.1) is 0 Å². The lowest BCUT2D eigenvalue weighted by Crippen LogP contribution is -2.27. The summed E-state index contributed by atoms with van der Waals surface area (Å²) in [6, 6.07) is 5.94. The van der Waals surface area contributed by atoms with Crippen LogP contribution in [-0.4, -0.2) is 26.8 Å². The molecule has 0 bridgehead atoms. The monoisotopic (exact) mass is 246 g/mol. The van der Waals surface area contributed by atoms with E-state index >= 15 is 0 Å². The second-order valence-electron chi connectivity index (χ2n) is 4.45. The van der Waals surface area contributed by atoms with Gasteiger partial charge in [0, 0.05) is 37.7 Å². The van der Waals surface area contributed by atoms with E-state index in [4.69, 9.17) is 0 Å². The van der Waals surface area contributed by atoms with Crippen molar-refractivity contribution >= 4 is 5.91 Å². The molecule has 2 rings (SSSR count). The predicted molar refractivity (Wildman–Crippen MR) is 69.4 cm³/mol. The van der Waals surface area contributed by atoms with Crippen LogP contribution >= 0.6 is 0 Å². The fraction of sp³-hybridized carbons (Fsp3) is 0.385. The van der Waals surface area contributed by atoms with E-state index < -0.39 is 0 Å². The number of carbonyl (C=O) groups is 1. The van der Waals surface area contributed by atoms with Crippen molar-refractivity contribution in [2.24, 2.45) is 0 Å². The Labute approximate surface area is 106 Å². The minimum absolute atomic E-state index is 0.124. The minimum atomic E-state index is -0.124. The molecule has 0 saturated carbocycles. The van der Waals surface area contributed by atoms with E-state index in [-0.39, 0.29) is 11.9 Å². The maximum absolute atomic E-state index is 11.8. The average molecular weight is 246 g/mol. The van der Waals surface area contributed by atoms with Crippen molar-refractivity contribution in [3.05, 3.63) is 42.5 Å². The maximum Gasteiger partial charge on any atom is 0.271 e. The first-order chi connectivity index (χ1) is 8.66. The van der Waals surface area contributed by atoms with Gasteiger partial charge in [-0.2, -0.15) is 5.10 Å². The van der Waals surface area contributed by atoms with Crippen molar-refractivity contribution in [3.8, 4) is 0 Å². The Morgan fingerprint density at radius 1 is 1.33 bits per heavy atom. The molecule has 2 aromatic heterocycles. The van der Waals surface area contributed by atoms with Crippen molar-refractivity contribution in [2.45, 2.75) is 26.4 Å². The first-order valence-corrected chi connectivity index (χ1v) is 6.11. The fourth-order valence-corrected chi connectivity index (χ4v) is 1.66. The molecule has 5 nitrogen and oxygen atoms in total. The highest BCUT2D eigenvalue weighted by Gasteiger charge is 2.09. The van der Waals surface area contributed by atoms with Crippen LogP contribution < -0.4 is 5.32 Å². The lowest BCUT2D eigenvalue weighted by atomic mass is 10.4. The molecule has 0 fully saturated rings. The summed E-state index contributed by atoms with van der Waals surface area (Å²) in [5, 5.41) is 7.08. The van der Waals surface area contributed by atoms with Gasteiger partial charge in [-0.25, -0.2) is 0 Å². The van der Waals surface area contributed by atoms with E-state index in [1.165, 1.54) is 0 Å². The van der Waals surface area contributed by atoms with Crippen LogP contribution in [0.1, 0.15) is 30.4 Å². The van der Waals surface area contributed by atoms with Gasteiger partial charge < -0.3 is 9.88 Å². The largest absolute Gasteiger partial charge is 0.353 e. The molecule has 5 heteroatoms. The summed E-state index contributed by atoms with van der Waals surface area (Å²) in [4.78, 5) is 11.8. The van der Waals surface area contributed by atoms with E-state index in [0.717, 1.165) is 6.54 Å². The van der Waals surface area contributed by atoms with Crippen LogP contribution in [0.5, 0.6) is 0 Å². The number of hydrogen-bond donors (Lipinski definition) is 1. The molecule has 0 aliphatic rings. The van der Waals surface area contributed by atoms with Gasteiger partial charge in [-0.1, -0.05) is 0 Å². The molecule has 0 aliphatic heterocycles. The molecule has 0 radical (unpaired) electrons. The summed E-state index contributed by atoms with van der Waals surface area (Å²) in [7, 11) is 0. The molecule has 0 aliphatic carbocycles. The average Bonchev–Trinajstić information content (AvgIpc) is 2.99. The molecule has 0 spiro atoms. The molecular formula is C13H18N4O.